The molecule has 4 heteroatoms. The van der Waals surface area contributed by atoms with Crippen LogP contribution in [0.4, 0.5) is 0 Å². The van der Waals surface area contributed by atoms with E-state index < -0.39 is 0 Å². The van der Waals surface area contributed by atoms with Crippen LogP contribution in [-0.4, -0.2) is 23.7 Å². The molecule has 1 heterocycles. The molecule has 0 aliphatic heterocycles. The van der Waals surface area contributed by atoms with Gasteiger partial charge in [0.1, 0.15) is 0 Å². The fraction of sp³-hybridized carbons (Fsp3) is 0.615. The maximum Gasteiger partial charge on any atom is 0.0752 e. The number of nitrogens with two attached hydrogens (primary N) is 1. The third-order valence-corrected chi connectivity index (χ3v) is 3.14. The minimum absolute atomic E-state index is 0.0105. The maximum atomic E-state index is 6.20. The lowest BCUT2D eigenvalue weighted by Gasteiger charge is -2.27. The molecule has 1 rings (SSSR count). The predicted molar refractivity (Wildman–Crippen MR) is 73.9 cm³/mol. The molecule has 0 aliphatic carbocycles. The lowest BCUT2D eigenvalue weighted by atomic mass is 9.96. The Bertz CT molecular complexity index is 327. The summed E-state index contributed by atoms with van der Waals surface area (Å²) in [4.78, 5) is 4.34. The van der Waals surface area contributed by atoms with Crippen molar-refractivity contribution in [2.75, 3.05) is 6.61 Å². The fourth-order valence-corrected chi connectivity index (χ4v) is 2.12. The summed E-state index contributed by atoms with van der Waals surface area (Å²) in [5.74, 6) is 0.417. The van der Waals surface area contributed by atoms with Gasteiger partial charge in [-0.2, -0.15) is 0 Å². The van der Waals surface area contributed by atoms with Gasteiger partial charge in [0.25, 0.3) is 0 Å². The number of ether oxygens (including phenoxy) is 1. The zero-order valence-corrected chi connectivity index (χ0v) is 12.3. The Labute approximate surface area is 112 Å². The van der Waals surface area contributed by atoms with Crippen molar-refractivity contribution in [1.82, 2.24) is 4.98 Å². The topological polar surface area (TPSA) is 48.1 Å². The van der Waals surface area contributed by atoms with E-state index >= 15 is 0 Å². The summed E-state index contributed by atoms with van der Waals surface area (Å²) in [6, 6.07) is 3.97. The molecule has 2 atom stereocenters. The number of aromatic nitrogens is 1. The van der Waals surface area contributed by atoms with Gasteiger partial charge in [0.15, 0.2) is 0 Å². The van der Waals surface area contributed by atoms with Crippen molar-refractivity contribution in [1.29, 1.82) is 0 Å². The molecule has 2 unspecified atom stereocenters. The van der Waals surface area contributed by atoms with E-state index in [2.05, 4.69) is 34.8 Å². The van der Waals surface area contributed by atoms with Crippen molar-refractivity contribution in [2.45, 2.75) is 39.3 Å². The van der Waals surface area contributed by atoms with Crippen LogP contribution in [0.3, 0.4) is 0 Å². The van der Waals surface area contributed by atoms with Crippen LogP contribution >= 0.6 is 15.9 Å². The molecule has 17 heavy (non-hydrogen) atoms. The van der Waals surface area contributed by atoms with Crippen molar-refractivity contribution in [3.05, 3.63) is 28.5 Å². The number of hydrogen-bond donors (Lipinski definition) is 1. The molecule has 3 nitrogen and oxygen atoms in total. The van der Waals surface area contributed by atoms with E-state index in [1.54, 1.807) is 6.20 Å². The molecule has 2 N–H and O–H groups in total. The smallest absolute Gasteiger partial charge is 0.0752 e. The molecule has 0 aromatic carbocycles. The Kier molecular flexibility index (Phi) is 6.09. The number of rotatable bonds is 6. The van der Waals surface area contributed by atoms with Crippen LogP contribution < -0.4 is 5.73 Å². The Balaban J connectivity index is 2.62. The van der Waals surface area contributed by atoms with E-state index in [9.17, 15) is 0 Å². The highest BCUT2D eigenvalue weighted by molar-refractivity contribution is 9.10. The molecule has 0 saturated carbocycles. The van der Waals surface area contributed by atoms with Crippen molar-refractivity contribution < 1.29 is 4.74 Å². The first-order valence-electron chi connectivity index (χ1n) is 6.02. The Morgan fingerprint density at radius 1 is 1.41 bits per heavy atom. The van der Waals surface area contributed by atoms with E-state index in [1.165, 1.54) is 0 Å². The summed E-state index contributed by atoms with van der Waals surface area (Å²) in [5, 5.41) is 0. The fourth-order valence-electron chi connectivity index (χ4n) is 1.89. The van der Waals surface area contributed by atoms with E-state index in [4.69, 9.17) is 10.5 Å². The third-order valence-electron chi connectivity index (χ3n) is 2.67. The van der Waals surface area contributed by atoms with Gasteiger partial charge in [-0.15, -0.1) is 0 Å². The third kappa shape index (κ3) is 4.74. The van der Waals surface area contributed by atoms with Gasteiger partial charge in [0.05, 0.1) is 6.10 Å². The number of nitrogens with zero attached hydrogens (tertiary/aromatic N) is 1. The Morgan fingerprint density at radius 3 is 2.59 bits per heavy atom. The minimum Gasteiger partial charge on any atom is -0.377 e. The second kappa shape index (κ2) is 7.09. The minimum atomic E-state index is -0.0105. The van der Waals surface area contributed by atoms with Crippen molar-refractivity contribution in [3.63, 3.8) is 0 Å². The zero-order valence-electron chi connectivity index (χ0n) is 10.7. The Morgan fingerprint density at radius 2 is 2.12 bits per heavy atom. The van der Waals surface area contributed by atoms with Crippen LogP contribution in [0.15, 0.2) is 22.8 Å². The molecular formula is C13H21BrN2O. The molecule has 0 radical (unpaired) electrons. The average molecular weight is 301 g/mol. The summed E-state index contributed by atoms with van der Waals surface area (Å²) in [7, 11) is 0. The van der Waals surface area contributed by atoms with Crippen LogP contribution in [-0.2, 0) is 11.2 Å². The van der Waals surface area contributed by atoms with E-state index in [-0.39, 0.29) is 12.1 Å². The largest absolute Gasteiger partial charge is 0.377 e. The first-order chi connectivity index (χ1) is 8.04. The molecule has 0 spiro atoms. The van der Waals surface area contributed by atoms with Crippen LogP contribution in [0, 0.1) is 5.92 Å². The van der Waals surface area contributed by atoms with Gasteiger partial charge in [-0.1, -0.05) is 13.8 Å². The summed E-state index contributed by atoms with van der Waals surface area (Å²) in [6.45, 7) is 6.97. The standard InChI is InChI=1S/C13H21BrN2O/c1-4-17-13(9(2)3)12(15)7-11-6-5-10(14)8-16-11/h5-6,8-9,12-13H,4,7,15H2,1-3H3. The molecular weight excluding hydrogens is 280 g/mol. The second-order valence-electron chi connectivity index (χ2n) is 4.50. The molecule has 0 saturated heterocycles. The van der Waals surface area contributed by atoms with Crippen LogP contribution in [0.2, 0.25) is 0 Å². The van der Waals surface area contributed by atoms with Crippen molar-refractivity contribution >= 4 is 15.9 Å². The number of hydrogen-bond acceptors (Lipinski definition) is 3. The van der Waals surface area contributed by atoms with Gasteiger partial charge < -0.3 is 10.5 Å². The SMILES string of the molecule is CCOC(C(C)C)C(N)Cc1ccc(Br)cn1. The molecule has 0 aliphatic rings. The van der Waals surface area contributed by atoms with E-state index in [1.807, 2.05) is 19.1 Å². The van der Waals surface area contributed by atoms with Gasteiger partial charge in [0, 0.05) is 35.4 Å². The molecule has 0 amide bonds. The highest BCUT2D eigenvalue weighted by Crippen LogP contribution is 2.14. The van der Waals surface area contributed by atoms with Crippen LogP contribution in [0.1, 0.15) is 26.5 Å². The molecule has 0 fully saturated rings. The van der Waals surface area contributed by atoms with E-state index in [0.29, 0.717) is 12.5 Å². The second-order valence-corrected chi connectivity index (χ2v) is 5.42. The summed E-state index contributed by atoms with van der Waals surface area (Å²) >= 11 is 3.37. The average Bonchev–Trinajstić information content (AvgIpc) is 2.28. The molecule has 1 aromatic rings. The van der Waals surface area contributed by atoms with Gasteiger partial charge >= 0.3 is 0 Å². The zero-order chi connectivity index (χ0) is 12.8. The monoisotopic (exact) mass is 300 g/mol. The first-order valence-corrected chi connectivity index (χ1v) is 6.81. The van der Waals surface area contributed by atoms with Crippen molar-refractivity contribution in [3.8, 4) is 0 Å². The summed E-state index contributed by atoms with van der Waals surface area (Å²) in [6.07, 6.45) is 2.63. The highest BCUT2D eigenvalue weighted by Gasteiger charge is 2.22. The number of halogens is 1. The van der Waals surface area contributed by atoms with Gasteiger partial charge in [-0.05, 0) is 40.9 Å². The highest BCUT2D eigenvalue weighted by atomic mass is 79.9. The maximum absolute atomic E-state index is 6.20. The molecule has 0 bridgehead atoms. The van der Waals surface area contributed by atoms with Crippen molar-refractivity contribution in [2.24, 2.45) is 11.7 Å². The quantitative estimate of drug-likeness (QED) is 0.879. The first kappa shape index (κ1) is 14.6. The van der Waals surface area contributed by atoms with Crippen LogP contribution in [0.5, 0.6) is 0 Å². The number of pyridine rings is 1. The Hall–Kier alpha value is -0.450. The van der Waals surface area contributed by atoms with E-state index in [0.717, 1.165) is 16.6 Å². The normalized spacial score (nSPS) is 14.9. The lowest BCUT2D eigenvalue weighted by Crippen LogP contribution is -2.42. The predicted octanol–water partition coefficient (Wildman–Crippen LogP) is 2.78. The molecule has 1 aromatic heterocycles. The van der Waals surface area contributed by atoms with Gasteiger partial charge in [0.2, 0.25) is 0 Å². The lowest BCUT2D eigenvalue weighted by molar-refractivity contribution is 0.0126. The van der Waals surface area contributed by atoms with Crippen LogP contribution in [0.25, 0.3) is 0 Å². The van der Waals surface area contributed by atoms with Gasteiger partial charge in [-0.25, -0.2) is 0 Å². The summed E-state index contributed by atoms with van der Waals surface area (Å²) < 4.78 is 6.69. The molecule has 96 valence electrons. The van der Waals surface area contributed by atoms with Gasteiger partial charge in [-0.3, -0.25) is 4.98 Å². The summed E-state index contributed by atoms with van der Waals surface area (Å²) in [5.41, 5.74) is 7.20.